The minimum atomic E-state index is -0.0217. The number of aryl methyl sites for hydroxylation is 1. The molecule has 1 aromatic rings. The van der Waals surface area contributed by atoms with Gasteiger partial charge in [-0.1, -0.05) is 12.8 Å². The van der Waals surface area contributed by atoms with Crippen molar-refractivity contribution < 1.29 is 9.53 Å². The Bertz CT molecular complexity index is 600. The van der Waals surface area contributed by atoms with Crippen LogP contribution in [0.15, 0.2) is 12.4 Å². The lowest BCUT2D eigenvalue weighted by Gasteiger charge is -2.26. The van der Waals surface area contributed by atoms with Gasteiger partial charge >= 0.3 is 0 Å². The maximum absolute atomic E-state index is 12.7. The number of aromatic nitrogens is 2. The Balaban J connectivity index is 1.38. The van der Waals surface area contributed by atoms with Gasteiger partial charge in [-0.15, -0.1) is 0 Å². The smallest absolute Gasteiger partial charge is 0.274 e. The van der Waals surface area contributed by atoms with Gasteiger partial charge in [-0.3, -0.25) is 9.78 Å². The van der Waals surface area contributed by atoms with Crippen molar-refractivity contribution in [1.82, 2.24) is 19.8 Å². The fourth-order valence-electron chi connectivity index (χ4n) is 4.52. The summed E-state index contributed by atoms with van der Waals surface area (Å²) in [6.45, 7) is 7.37. The number of fused-ring (bicyclic) bond motifs is 1. The molecule has 1 aromatic heterocycles. The van der Waals surface area contributed by atoms with Crippen LogP contribution in [-0.2, 0) is 4.74 Å². The van der Waals surface area contributed by atoms with E-state index < -0.39 is 0 Å². The number of ether oxygens (including phenoxy) is 1. The van der Waals surface area contributed by atoms with E-state index in [1.807, 2.05) is 11.8 Å². The predicted molar refractivity (Wildman–Crippen MR) is 94.3 cm³/mol. The highest BCUT2D eigenvalue weighted by Gasteiger charge is 2.39. The molecular formula is C19H28N4O2. The average Bonchev–Trinajstić information content (AvgIpc) is 3.22. The van der Waals surface area contributed by atoms with Crippen LogP contribution < -0.4 is 0 Å². The zero-order chi connectivity index (χ0) is 17.2. The Morgan fingerprint density at radius 2 is 2.04 bits per heavy atom. The second-order valence-electron chi connectivity index (χ2n) is 7.83. The summed E-state index contributed by atoms with van der Waals surface area (Å²) in [5.41, 5.74) is 1.26. The summed E-state index contributed by atoms with van der Waals surface area (Å²) in [4.78, 5) is 25.6. The number of carbonyl (C=O) groups is 1. The minimum absolute atomic E-state index is 0.0217. The zero-order valence-electron chi connectivity index (χ0n) is 15.1. The predicted octanol–water partition coefficient (Wildman–Crippen LogP) is 1.75. The number of nitrogens with zero attached hydrogens (tertiary/aromatic N) is 4. The van der Waals surface area contributed by atoms with Gasteiger partial charge in [0.1, 0.15) is 5.69 Å². The molecule has 3 heterocycles. The van der Waals surface area contributed by atoms with Gasteiger partial charge in [0.05, 0.1) is 24.6 Å². The summed E-state index contributed by atoms with van der Waals surface area (Å²) in [5.74, 6) is 1.25. The van der Waals surface area contributed by atoms with Gasteiger partial charge in [0.2, 0.25) is 0 Å². The van der Waals surface area contributed by atoms with Crippen LogP contribution in [0.5, 0.6) is 0 Å². The molecule has 0 spiro atoms. The lowest BCUT2D eigenvalue weighted by molar-refractivity contribution is 0.0481. The monoisotopic (exact) mass is 344 g/mol. The molecular weight excluding hydrogens is 316 g/mol. The first-order valence-corrected chi connectivity index (χ1v) is 9.61. The van der Waals surface area contributed by atoms with Crippen molar-refractivity contribution in [3.63, 3.8) is 0 Å². The third-order valence-electron chi connectivity index (χ3n) is 5.89. The van der Waals surface area contributed by atoms with E-state index in [0.29, 0.717) is 18.2 Å². The van der Waals surface area contributed by atoms with E-state index in [4.69, 9.17) is 4.74 Å². The molecule has 4 rings (SSSR count). The van der Waals surface area contributed by atoms with E-state index in [9.17, 15) is 4.79 Å². The topological polar surface area (TPSA) is 58.6 Å². The Hall–Kier alpha value is -1.53. The highest BCUT2D eigenvalue weighted by Crippen LogP contribution is 2.29. The zero-order valence-corrected chi connectivity index (χ0v) is 15.1. The molecule has 1 amide bonds. The van der Waals surface area contributed by atoms with Crippen molar-refractivity contribution in [2.75, 3.05) is 39.3 Å². The molecule has 0 aromatic carbocycles. The summed E-state index contributed by atoms with van der Waals surface area (Å²) < 4.78 is 6.09. The van der Waals surface area contributed by atoms with Crippen LogP contribution in [0.1, 0.15) is 41.9 Å². The van der Waals surface area contributed by atoms with Crippen molar-refractivity contribution in [3.8, 4) is 0 Å². The van der Waals surface area contributed by atoms with Crippen molar-refractivity contribution >= 4 is 5.91 Å². The molecule has 6 heteroatoms. The van der Waals surface area contributed by atoms with Gasteiger partial charge in [0.25, 0.3) is 5.91 Å². The molecule has 25 heavy (non-hydrogen) atoms. The third kappa shape index (κ3) is 3.85. The van der Waals surface area contributed by atoms with Crippen LogP contribution in [0.2, 0.25) is 0 Å². The normalized spacial score (nSPS) is 28.1. The fourth-order valence-corrected chi connectivity index (χ4v) is 4.52. The largest absolute Gasteiger partial charge is 0.375 e. The van der Waals surface area contributed by atoms with Crippen molar-refractivity contribution in [1.29, 1.82) is 0 Å². The van der Waals surface area contributed by atoms with Crippen molar-refractivity contribution in [3.05, 3.63) is 23.8 Å². The fraction of sp³-hybridized carbons (Fsp3) is 0.737. The lowest BCUT2D eigenvalue weighted by Crippen LogP contribution is -2.36. The van der Waals surface area contributed by atoms with Gasteiger partial charge in [-0.25, -0.2) is 4.98 Å². The van der Waals surface area contributed by atoms with Gasteiger partial charge in [0.15, 0.2) is 0 Å². The van der Waals surface area contributed by atoms with Gasteiger partial charge in [-0.2, -0.15) is 0 Å². The summed E-state index contributed by atoms with van der Waals surface area (Å²) >= 11 is 0. The second-order valence-corrected chi connectivity index (χ2v) is 7.83. The Labute approximate surface area is 149 Å². The number of amides is 1. The quantitative estimate of drug-likeness (QED) is 0.836. The summed E-state index contributed by atoms with van der Waals surface area (Å²) in [7, 11) is 0. The lowest BCUT2D eigenvalue weighted by atomic mass is 10.0. The molecule has 2 atom stereocenters. The Kier molecular flexibility index (Phi) is 4.99. The molecule has 136 valence electrons. The molecule has 0 bridgehead atoms. The van der Waals surface area contributed by atoms with Gasteiger partial charge < -0.3 is 14.5 Å². The highest BCUT2D eigenvalue weighted by molar-refractivity contribution is 5.92. The van der Waals surface area contributed by atoms with E-state index in [1.165, 1.54) is 32.2 Å². The van der Waals surface area contributed by atoms with E-state index in [-0.39, 0.29) is 12.0 Å². The highest BCUT2D eigenvalue weighted by atomic mass is 16.5. The molecule has 1 aliphatic carbocycles. The first kappa shape index (κ1) is 16.9. The SMILES string of the molecule is Cc1cnc(C(=O)N2C[C@@H]3CN(CC4CCCC4)CCO[C@@H]3C2)cn1. The van der Waals surface area contributed by atoms with Crippen LogP contribution in [0.4, 0.5) is 0 Å². The molecule has 0 unspecified atom stereocenters. The number of hydrogen-bond acceptors (Lipinski definition) is 5. The van der Waals surface area contributed by atoms with Crippen molar-refractivity contribution in [2.45, 2.75) is 38.7 Å². The summed E-state index contributed by atoms with van der Waals surface area (Å²) in [6.07, 6.45) is 8.93. The molecule has 0 radical (unpaired) electrons. The van der Waals surface area contributed by atoms with Gasteiger partial charge in [0, 0.05) is 44.8 Å². The van der Waals surface area contributed by atoms with E-state index >= 15 is 0 Å². The Morgan fingerprint density at radius 3 is 2.80 bits per heavy atom. The molecule has 2 saturated heterocycles. The van der Waals surface area contributed by atoms with Crippen LogP contribution >= 0.6 is 0 Å². The maximum Gasteiger partial charge on any atom is 0.274 e. The molecule has 1 saturated carbocycles. The first-order valence-electron chi connectivity index (χ1n) is 9.61. The average molecular weight is 344 g/mol. The molecule has 2 aliphatic heterocycles. The summed E-state index contributed by atoms with van der Waals surface area (Å²) in [5, 5.41) is 0. The van der Waals surface area contributed by atoms with Crippen LogP contribution in [0.3, 0.4) is 0 Å². The number of carbonyl (C=O) groups excluding carboxylic acids is 1. The molecule has 3 aliphatic rings. The van der Waals surface area contributed by atoms with E-state index in [1.54, 1.807) is 12.4 Å². The van der Waals surface area contributed by atoms with Crippen LogP contribution in [0, 0.1) is 18.8 Å². The van der Waals surface area contributed by atoms with Crippen LogP contribution in [0.25, 0.3) is 0 Å². The summed E-state index contributed by atoms with van der Waals surface area (Å²) in [6, 6.07) is 0. The number of rotatable bonds is 3. The third-order valence-corrected chi connectivity index (χ3v) is 5.89. The number of likely N-dealkylation sites (tertiary alicyclic amines) is 1. The first-order chi connectivity index (χ1) is 12.2. The van der Waals surface area contributed by atoms with E-state index in [2.05, 4.69) is 14.9 Å². The molecule has 0 N–H and O–H groups in total. The maximum atomic E-state index is 12.7. The number of hydrogen-bond donors (Lipinski definition) is 0. The Morgan fingerprint density at radius 1 is 1.20 bits per heavy atom. The minimum Gasteiger partial charge on any atom is -0.375 e. The molecule has 6 nitrogen and oxygen atoms in total. The standard InChI is InChI=1S/C19H28N4O2/c1-14-8-21-17(9-20-14)19(24)23-12-16-11-22(6-7-25-18(16)13-23)10-15-4-2-3-5-15/h8-9,15-16,18H,2-7,10-13H2,1H3/t16-,18+/m0/s1. The van der Waals surface area contributed by atoms with Crippen molar-refractivity contribution in [2.24, 2.45) is 11.8 Å². The van der Waals surface area contributed by atoms with E-state index in [0.717, 1.165) is 37.9 Å². The molecule has 3 fully saturated rings. The second kappa shape index (κ2) is 7.38. The van der Waals surface area contributed by atoms with Gasteiger partial charge in [-0.05, 0) is 25.7 Å². The van der Waals surface area contributed by atoms with Crippen LogP contribution in [-0.4, -0.2) is 71.1 Å².